The first-order chi connectivity index (χ1) is 14.4. The highest BCUT2D eigenvalue weighted by Gasteiger charge is 2.29. The van der Waals surface area contributed by atoms with Crippen LogP contribution in [0, 0.1) is 6.92 Å². The molecule has 0 atom stereocenters. The molecule has 0 bridgehead atoms. The molecule has 2 aromatic carbocycles. The molecule has 6 nitrogen and oxygen atoms in total. The van der Waals surface area contributed by atoms with Gasteiger partial charge in [0.25, 0.3) is 0 Å². The summed E-state index contributed by atoms with van der Waals surface area (Å²) in [5, 5.41) is 21.9. The lowest BCUT2D eigenvalue weighted by atomic mass is 9.92. The van der Waals surface area contributed by atoms with Crippen molar-refractivity contribution in [2.75, 3.05) is 13.2 Å². The number of aryl methyl sites for hydroxylation is 2. The van der Waals surface area contributed by atoms with Gasteiger partial charge in [0.15, 0.2) is 5.89 Å². The number of benzene rings is 2. The van der Waals surface area contributed by atoms with Crippen molar-refractivity contribution in [3.63, 3.8) is 0 Å². The fourth-order valence-electron chi connectivity index (χ4n) is 3.16. The van der Waals surface area contributed by atoms with E-state index >= 15 is 0 Å². The van der Waals surface area contributed by atoms with Crippen LogP contribution in [0.25, 0.3) is 11.3 Å². The molecule has 158 valence electrons. The van der Waals surface area contributed by atoms with Gasteiger partial charge in [-0.25, -0.2) is 4.98 Å². The van der Waals surface area contributed by atoms with Crippen molar-refractivity contribution in [1.82, 2.24) is 10.3 Å². The number of aliphatic hydroxyl groups is 2. The molecule has 30 heavy (non-hydrogen) atoms. The Morgan fingerprint density at radius 1 is 1.07 bits per heavy atom. The van der Waals surface area contributed by atoms with E-state index < -0.39 is 5.54 Å². The van der Waals surface area contributed by atoms with Crippen LogP contribution in [0.3, 0.4) is 0 Å². The van der Waals surface area contributed by atoms with E-state index in [0.717, 1.165) is 26.6 Å². The predicted molar refractivity (Wildman–Crippen MR) is 116 cm³/mol. The highest BCUT2D eigenvalue weighted by atomic mass is 32.2. The molecule has 1 heterocycles. The number of aliphatic hydroxyl groups excluding tert-OH is 2. The van der Waals surface area contributed by atoms with E-state index in [-0.39, 0.29) is 19.1 Å². The van der Waals surface area contributed by atoms with Crippen LogP contribution in [0.1, 0.15) is 24.8 Å². The summed E-state index contributed by atoms with van der Waals surface area (Å²) in [5.41, 5.74) is 1.92. The number of aromatic nitrogens is 1. The monoisotopic (exact) mass is 426 g/mol. The van der Waals surface area contributed by atoms with Crippen molar-refractivity contribution < 1.29 is 19.4 Å². The third-order valence-electron chi connectivity index (χ3n) is 4.87. The Kier molecular flexibility index (Phi) is 7.31. The second-order valence-electron chi connectivity index (χ2n) is 7.30. The smallest absolute Gasteiger partial charge is 0.217 e. The number of nitrogens with one attached hydrogen (secondary N) is 1. The van der Waals surface area contributed by atoms with Crippen molar-refractivity contribution in [2.45, 2.75) is 42.0 Å². The molecule has 0 saturated carbocycles. The summed E-state index contributed by atoms with van der Waals surface area (Å²) in [4.78, 5) is 17.9. The average Bonchev–Trinajstić information content (AvgIpc) is 3.19. The number of hydrogen-bond donors (Lipinski definition) is 3. The van der Waals surface area contributed by atoms with Gasteiger partial charge in [-0.05, 0) is 42.7 Å². The van der Waals surface area contributed by atoms with Crippen LogP contribution < -0.4 is 5.32 Å². The molecule has 0 aliphatic heterocycles. The van der Waals surface area contributed by atoms with E-state index in [4.69, 9.17) is 4.42 Å². The van der Waals surface area contributed by atoms with E-state index in [2.05, 4.69) is 22.4 Å². The van der Waals surface area contributed by atoms with Crippen molar-refractivity contribution in [3.05, 3.63) is 66.2 Å². The Labute approximate surface area is 180 Å². The molecule has 1 aromatic heterocycles. The second kappa shape index (κ2) is 9.93. The number of rotatable bonds is 9. The predicted octanol–water partition coefficient (Wildman–Crippen LogP) is 3.59. The number of oxazole rings is 1. The number of carbonyl (C=O) groups excluding carboxylic acids is 1. The Balaban J connectivity index is 1.59. The zero-order chi connectivity index (χ0) is 21.6. The molecule has 0 aliphatic rings. The van der Waals surface area contributed by atoms with Crippen LogP contribution in [0.15, 0.2) is 69.0 Å². The third-order valence-corrected chi connectivity index (χ3v) is 5.88. The van der Waals surface area contributed by atoms with E-state index in [9.17, 15) is 15.0 Å². The SMILES string of the molecule is CC(=O)NC(CO)(CO)CCc1ccc(Sc2ccc(-c3coc(C)n3)cc2)cc1. The van der Waals surface area contributed by atoms with Crippen molar-refractivity contribution in [3.8, 4) is 11.3 Å². The van der Waals surface area contributed by atoms with E-state index in [0.29, 0.717) is 18.7 Å². The second-order valence-corrected chi connectivity index (χ2v) is 8.45. The lowest BCUT2D eigenvalue weighted by Crippen LogP contribution is -2.53. The molecule has 3 rings (SSSR count). The van der Waals surface area contributed by atoms with Gasteiger partial charge in [0, 0.05) is 29.2 Å². The molecule has 3 N–H and O–H groups in total. The van der Waals surface area contributed by atoms with E-state index in [1.807, 2.05) is 43.3 Å². The van der Waals surface area contributed by atoms with E-state index in [1.165, 1.54) is 6.92 Å². The molecule has 0 saturated heterocycles. The average molecular weight is 427 g/mol. The summed E-state index contributed by atoms with van der Waals surface area (Å²) >= 11 is 1.67. The Hall–Kier alpha value is -2.61. The van der Waals surface area contributed by atoms with Crippen LogP contribution in [0.4, 0.5) is 0 Å². The van der Waals surface area contributed by atoms with Crippen molar-refractivity contribution >= 4 is 17.7 Å². The first-order valence-electron chi connectivity index (χ1n) is 9.73. The molecular weight excluding hydrogens is 400 g/mol. The maximum Gasteiger partial charge on any atom is 0.217 e. The van der Waals surface area contributed by atoms with Gasteiger partial charge in [-0.3, -0.25) is 4.79 Å². The molecule has 0 unspecified atom stereocenters. The van der Waals surface area contributed by atoms with Gasteiger partial charge in [0.2, 0.25) is 5.91 Å². The van der Waals surface area contributed by atoms with Crippen LogP contribution in [0.2, 0.25) is 0 Å². The van der Waals surface area contributed by atoms with Gasteiger partial charge in [-0.15, -0.1) is 0 Å². The molecule has 7 heteroatoms. The summed E-state index contributed by atoms with van der Waals surface area (Å²) in [6, 6.07) is 16.3. The number of hydrogen-bond acceptors (Lipinski definition) is 6. The summed E-state index contributed by atoms with van der Waals surface area (Å²) < 4.78 is 5.27. The first kappa shape index (κ1) is 22.1. The molecule has 0 spiro atoms. The van der Waals surface area contributed by atoms with Crippen LogP contribution >= 0.6 is 11.8 Å². The normalized spacial score (nSPS) is 11.5. The fourth-order valence-corrected chi connectivity index (χ4v) is 3.97. The largest absolute Gasteiger partial charge is 0.449 e. The Bertz CT molecular complexity index is 964. The minimum absolute atomic E-state index is 0.269. The number of amides is 1. The van der Waals surface area contributed by atoms with Gasteiger partial charge in [-0.1, -0.05) is 36.0 Å². The van der Waals surface area contributed by atoms with Gasteiger partial charge in [0.1, 0.15) is 12.0 Å². The molecule has 0 radical (unpaired) electrons. The third kappa shape index (κ3) is 5.72. The zero-order valence-electron chi connectivity index (χ0n) is 17.1. The summed E-state index contributed by atoms with van der Waals surface area (Å²) in [7, 11) is 0. The van der Waals surface area contributed by atoms with Crippen LogP contribution in [-0.2, 0) is 11.2 Å². The number of nitrogens with zero attached hydrogens (tertiary/aromatic N) is 1. The van der Waals surface area contributed by atoms with Gasteiger partial charge in [-0.2, -0.15) is 0 Å². The summed E-state index contributed by atoms with van der Waals surface area (Å²) in [6.07, 6.45) is 2.75. The summed E-state index contributed by atoms with van der Waals surface area (Å²) in [5.74, 6) is 0.380. The van der Waals surface area contributed by atoms with Crippen molar-refractivity contribution in [1.29, 1.82) is 0 Å². The Morgan fingerprint density at radius 2 is 1.67 bits per heavy atom. The number of carbonyl (C=O) groups is 1. The first-order valence-corrected chi connectivity index (χ1v) is 10.5. The standard InChI is InChI=1S/C23H26N2O4S/c1-16(28)25-23(14-26,15-27)12-11-18-3-7-20(8-4-18)30-21-9-5-19(6-10-21)22-13-29-17(2)24-22/h3-10,13,26-27H,11-12,14-15H2,1-2H3,(H,25,28). The van der Waals surface area contributed by atoms with Gasteiger partial charge < -0.3 is 19.9 Å². The molecule has 0 aliphatic carbocycles. The highest BCUT2D eigenvalue weighted by Crippen LogP contribution is 2.30. The molecule has 3 aromatic rings. The quantitative estimate of drug-likeness (QED) is 0.484. The lowest BCUT2D eigenvalue weighted by molar-refractivity contribution is -0.122. The Morgan fingerprint density at radius 3 is 2.17 bits per heavy atom. The fraction of sp³-hybridized carbons (Fsp3) is 0.304. The van der Waals surface area contributed by atoms with Crippen molar-refractivity contribution in [2.24, 2.45) is 0 Å². The van der Waals surface area contributed by atoms with Gasteiger partial charge in [0.05, 0.1) is 18.8 Å². The minimum atomic E-state index is -0.997. The maximum atomic E-state index is 11.4. The molecule has 1 amide bonds. The van der Waals surface area contributed by atoms with Gasteiger partial charge >= 0.3 is 0 Å². The molecular formula is C23H26N2O4S. The van der Waals surface area contributed by atoms with E-state index in [1.54, 1.807) is 18.0 Å². The van der Waals surface area contributed by atoms with Crippen LogP contribution in [0.5, 0.6) is 0 Å². The van der Waals surface area contributed by atoms with Crippen LogP contribution in [-0.4, -0.2) is 39.9 Å². The minimum Gasteiger partial charge on any atom is -0.449 e. The summed E-state index contributed by atoms with van der Waals surface area (Å²) in [6.45, 7) is 2.60. The molecule has 0 fully saturated rings. The zero-order valence-corrected chi connectivity index (χ0v) is 17.9. The highest BCUT2D eigenvalue weighted by molar-refractivity contribution is 7.99. The maximum absolute atomic E-state index is 11.4. The topological polar surface area (TPSA) is 95.6 Å². The lowest BCUT2D eigenvalue weighted by Gasteiger charge is -2.30.